The topological polar surface area (TPSA) is 20.3 Å². The fourth-order valence-electron chi connectivity index (χ4n) is 1.69. The Morgan fingerprint density at radius 1 is 1.47 bits per heavy atom. The molecule has 1 rings (SSSR count). The van der Waals surface area contributed by atoms with Gasteiger partial charge in [0.2, 0.25) is 0 Å². The molecular weight excluding hydrogens is 302 g/mol. The summed E-state index contributed by atoms with van der Waals surface area (Å²) in [5.74, 6) is 0.672. The van der Waals surface area contributed by atoms with Crippen LogP contribution in [0.1, 0.15) is 29.3 Å². The summed E-state index contributed by atoms with van der Waals surface area (Å²) in [5, 5.41) is 0. The normalized spacial score (nSPS) is 10.4. The van der Waals surface area contributed by atoms with Crippen LogP contribution >= 0.6 is 27.5 Å². The van der Waals surface area contributed by atoms with E-state index >= 15 is 0 Å². The summed E-state index contributed by atoms with van der Waals surface area (Å²) in [6.45, 7) is 5.37. The zero-order valence-electron chi connectivity index (χ0n) is 10.2. The number of benzene rings is 1. The van der Waals surface area contributed by atoms with Crippen LogP contribution in [0.3, 0.4) is 0 Å². The number of hydrogen-bond acceptors (Lipinski definition) is 1. The molecule has 0 spiro atoms. The lowest BCUT2D eigenvalue weighted by Gasteiger charge is -2.21. The minimum absolute atomic E-state index is 0.0858. The van der Waals surface area contributed by atoms with Gasteiger partial charge in [0, 0.05) is 29.0 Å². The highest BCUT2D eigenvalue weighted by Gasteiger charge is 2.15. The van der Waals surface area contributed by atoms with Crippen LogP contribution in [-0.2, 0) is 0 Å². The van der Waals surface area contributed by atoms with E-state index in [4.69, 9.17) is 11.6 Å². The molecule has 0 aromatic heterocycles. The molecule has 0 saturated carbocycles. The fourth-order valence-corrected chi connectivity index (χ4v) is 2.29. The number of nitrogens with zero attached hydrogens (tertiary/aromatic N) is 1. The maximum Gasteiger partial charge on any atom is 0.254 e. The largest absolute Gasteiger partial charge is 0.339 e. The summed E-state index contributed by atoms with van der Waals surface area (Å²) >= 11 is 9.06. The predicted molar refractivity (Wildman–Crippen MR) is 75.8 cm³/mol. The summed E-state index contributed by atoms with van der Waals surface area (Å²) in [6, 6.07) is 5.73. The van der Waals surface area contributed by atoms with Gasteiger partial charge in [0.1, 0.15) is 0 Å². The van der Waals surface area contributed by atoms with Crippen molar-refractivity contribution in [3.63, 3.8) is 0 Å². The summed E-state index contributed by atoms with van der Waals surface area (Å²) < 4.78 is 0.996. The lowest BCUT2D eigenvalue weighted by Crippen LogP contribution is -2.32. The maximum absolute atomic E-state index is 12.3. The number of alkyl halides is 1. The van der Waals surface area contributed by atoms with E-state index in [0.29, 0.717) is 19.0 Å². The minimum Gasteiger partial charge on any atom is -0.339 e. The number of hydrogen-bond donors (Lipinski definition) is 0. The monoisotopic (exact) mass is 317 g/mol. The van der Waals surface area contributed by atoms with Gasteiger partial charge in [-0.15, -0.1) is 11.6 Å². The number of rotatable bonds is 5. The van der Waals surface area contributed by atoms with Crippen LogP contribution in [0.5, 0.6) is 0 Å². The molecule has 0 heterocycles. The third-order valence-corrected chi connectivity index (χ3v) is 3.41. The van der Waals surface area contributed by atoms with E-state index in [1.165, 1.54) is 0 Å². The molecular formula is C13H17BrClNO. The molecule has 0 unspecified atom stereocenters. The summed E-state index contributed by atoms with van der Waals surface area (Å²) in [6.07, 6.45) is 0.830. The Hall–Kier alpha value is -0.540. The Morgan fingerprint density at radius 2 is 2.18 bits per heavy atom. The van der Waals surface area contributed by atoms with Crippen LogP contribution in [-0.4, -0.2) is 29.8 Å². The smallest absolute Gasteiger partial charge is 0.254 e. The van der Waals surface area contributed by atoms with Crippen molar-refractivity contribution in [1.29, 1.82) is 0 Å². The first kappa shape index (κ1) is 14.5. The van der Waals surface area contributed by atoms with Gasteiger partial charge in [-0.2, -0.15) is 0 Å². The number of carbonyl (C=O) groups is 1. The van der Waals surface area contributed by atoms with E-state index in [1.807, 2.05) is 36.9 Å². The molecule has 94 valence electrons. The van der Waals surface area contributed by atoms with Crippen LogP contribution in [0, 0.1) is 6.92 Å². The van der Waals surface area contributed by atoms with E-state index in [0.717, 1.165) is 22.0 Å². The molecule has 0 saturated heterocycles. The average Bonchev–Trinajstić information content (AvgIpc) is 2.29. The van der Waals surface area contributed by atoms with Crippen molar-refractivity contribution in [2.75, 3.05) is 19.0 Å². The number of carbonyl (C=O) groups excluding carboxylic acids is 1. The van der Waals surface area contributed by atoms with Crippen molar-refractivity contribution in [3.05, 3.63) is 33.8 Å². The molecule has 1 aromatic rings. The molecule has 0 N–H and O–H groups in total. The van der Waals surface area contributed by atoms with Crippen LogP contribution in [0.25, 0.3) is 0 Å². The van der Waals surface area contributed by atoms with Crippen molar-refractivity contribution in [1.82, 2.24) is 4.90 Å². The van der Waals surface area contributed by atoms with E-state index in [9.17, 15) is 4.79 Å². The van der Waals surface area contributed by atoms with E-state index in [-0.39, 0.29) is 5.91 Å². The van der Waals surface area contributed by atoms with Crippen LogP contribution in [0.2, 0.25) is 0 Å². The SMILES string of the molecule is CCN(CCCCl)C(=O)c1ccc(Br)cc1C. The molecule has 17 heavy (non-hydrogen) atoms. The second-order valence-corrected chi connectivity index (χ2v) is 5.18. The van der Waals surface area contributed by atoms with Gasteiger partial charge in [-0.25, -0.2) is 0 Å². The van der Waals surface area contributed by atoms with Gasteiger partial charge in [-0.1, -0.05) is 15.9 Å². The van der Waals surface area contributed by atoms with E-state index in [2.05, 4.69) is 15.9 Å². The Morgan fingerprint density at radius 3 is 2.71 bits per heavy atom. The van der Waals surface area contributed by atoms with Gasteiger partial charge in [-0.05, 0) is 44.0 Å². The molecule has 0 radical (unpaired) electrons. The Kier molecular flexibility index (Phi) is 6.00. The number of aryl methyl sites for hydroxylation is 1. The number of amides is 1. The lowest BCUT2D eigenvalue weighted by molar-refractivity contribution is 0.0764. The van der Waals surface area contributed by atoms with Crippen LogP contribution in [0.15, 0.2) is 22.7 Å². The van der Waals surface area contributed by atoms with Gasteiger partial charge < -0.3 is 4.90 Å². The Bertz CT molecular complexity index is 395. The molecule has 2 nitrogen and oxygen atoms in total. The Balaban J connectivity index is 2.86. The van der Waals surface area contributed by atoms with Gasteiger partial charge >= 0.3 is 0 Å². The maximum atomic E-state index is 12.3. The molecule has 0 aliphatic carbocycles. The molecule has 0 atom stereocenters. The van der Waals surface area contributed by atoms with Gasteiger partial charge in [0.05, 0.1) is 0 Å². The first-order chi connectivity index (χ1) is 8.10. The third-order valence-electron chi connectivity index (χ3n) is 2.65. The van der Waals surface area contributed by atoms with E-state index in [1.54, 1.807) is 0 Å². The molecule has 0 bridgehead atoms. The molecule has 1 amide bonds. The first-order valence-electron chi connectivity index (χ1n) is 5.71. The predicted octanol–water partition coefficient (Wildman–Crippen LogP) is 3.85. The van der Waals surface area contributed by atoms with Gasteiger partial charge in [-0.3, -0.25) is 4.79 Å². The van der Waals surface area contributed by atoms with Crippen molar-refractivity contribution in [3.8, 4) is 0 Å². The highest BCUT2D eigenvalue weighted by molar-refractivity contribution is 9.10. The van der Waals surface area contributed by atoms with Crippen LogP contribution < -0.4 is 0 Å². The van der Waals surface area contributed by atoms with Crippen molar-refractivity contribution < 1.29 is 4.79 Å². The lowest BCUT2D eigenvalue weighted by atomic mass is 10.1. The summed E-state index contributed by atoms with van der Waals surface area (Å²) in [7, 11) is 0. The van der Waals surface area contributed by atoms with Gasteiger partial charge in [0.15, 0.2) is 0 Å². The first-order valence-corrected chi connectivity index (χ1v) is 7.04. The minimum atomic E-state index is 0.0858. The zero-order valence-corrected chi connectivity index (χ0v) is 12.5. The average molecular weight is 319 g/mol. The second-order valence-electron chi connectivity index (χ2n) is 3.89. The number of halogens is 2. The molecule has 4 heteroatoms. The van der Waals surface area contributed by atoms with Crippen molar-refractivity contribution in [2.45, 2.75) is 20.3 Å². The van der Waals surface area contributed by atoms with Crippen LogP contribution in [0.4, 0.5) is 0 Å². The molecule has 1 aromatic carbocycles. The quantitative estimate of drug-likeness (QED) is 0.755. The molecule has 0 aliphatic heterocycles. The van der Waals surface area contributed by atoms with Gasteiger partial charge in [0.25, 0.3) is 5.91 Å². The van der Waals surface area contributed by atoms with Crippen molar-refractivity contribution in [2.24, 2.45) is 0 Å². The highest BCUT2D eigenvalue weighted by Crippen LogP contribution is 2.17. The molecule has 0 aliphatic rings. The molecule has 0 fully saturated rings. The highest BCUT2D eigenvalue weighted by atomic mass is 79.9. The fraction of sp³-hybridized carbons (Fsp3) is 0.462. The second kappa shape index (κ2) is 7.02. The van der Waals surface area contributed by atoms with Crippen molar-refractivity contribution >= 4 is 33.4 Å². The third kappa shape index (κ3) is 4.00. The summed E-state index contributed by atoms with van der Waals surface area (Å²) in [5.41, 5.74) is 1.76. The van der Waals surface area contributed by atoms with E-state index < -0.39 is 0 Å². The standard InChI is InChI=1S/C13H17BrClNO/c1-3-16(8-4-7-15)13(17)12-6-5-11(14)9-10(12)2/h5-6,9H,3-4,7-8H2,1-2H3. The summed E-state index contributed by atoms with van der Waals surface area (Å²) in [4.78, 5) is 14.1. The zero-order chi connectivity index (χ0) is 12.8. The Labute approximate surface area is 116 Å².